The normalized spacial score (nSPS) is 13.8. The summed E-state index contributed by atoms with van der Waals surface area (Å²) in [7, 11) is 0. The zero-order valence-electron chi connectivity index (χ0n) is 11.3. The molecule has 3 rings (SSSR count). The van der Waals surface area contributed by atoms with Crippen molar-refractivity contribution in [1.29, 1.82) is 0 Å². The van der Waals surface area contributed by atoms with E-state index < -0.39 is 11.7 Å². The van der Waals surface area contributed by atoms with Gasteiger partial charge in [-0.15, -0.1) is 0 Å². The predicted molar refractivity (Wildman–Crippen MR) is 73.5 cm³/mol. The number of amides is 1. The number of nitrogens with zero attached hydrogens (tertiary/aromatic N) is 3. The Kier molecular flexibility index (Phi) is 2.82. The Morgan fingerprint density at radius 3 is 2.50 bits per heavy atom. The van der Waals surface area contributed by atoms with Gasteiger partial charge in [0.15, 0.2) is 0 Å². The quantitative estimate of drug-likeness (QED) is 0.779. The molecule has 2 heterocycles. The Labute approximate surface area is 116 Å². The van der Waals surface area contributed by atoms with Gasteiger partial charge in [-0.3, -0.25) is 14.5 Å². The Hall–Kier alpha value is -2.56. The van der Waals surface area contributed by atoms with Gasteiger partial charge in [0.05, 0.1) is 17.8 Å². The molecule has 1 aromatic carbocycles. The van der Waals surface area contributed by atoms with Gasteiger partial charge in [-0.05, 0) is 37.1 Å². The summed E-state index contributed by atoms with van der Waals surface area (Å²) >= 11 is 0. The number of aromatic nitrogens is 2. The molecular formula is C15H13N3O2. The highest BCUT2D eigenvalue weighted by molar-refractivity contribution is 6.52. The minimum Gasteiger partial charge on any atom is -0.297 e. The molecule has 1 aliphatic rings. The minimum absolute atomic E-state index is 0.211. The van der Waals surface area contributed by atoms with Gasteiger partial charge >= 0.3 is 0 Å². The first-order chi connectivity index (χ1) is 9.59. The van der Waals surface area contributed by atoms with E-state index in [2.05, 4.69) is 9.97 Å². The Balaban J connectivity index is 2.08. The highest BCUT2D eigenvalue weighted by Gasteiger charge is 2.37. The van der Waals surface area contributed by atoms with Crippen molar-refractivity contribution in [3.63, 3.8) is 0 Å². The van der Waals surface area contributed by atoms with Crippen molar-refractivity contribution in [3.05, 3.63) is 53.1 Å². The van der Waals surface area contributed by atoms with E-state index in [0.29, 0.717) is 17.1 Å². The first-order valence-electron chi connectivity index (χ1n) is 6.32. The number of anilines is 1. The van der Waals surface area contributed by atoms with Crippen molar-refractivity contribution in [2.45, 2.75) is 20.4 Å². The maximum absolute atomic E-state index is 12.2. The van der Waals surface area contributed by atoms with Crippen LogP contribution < -0.4 is 4.90 Å². The van der Waals surface area contributed by atoms with Crippen LogP contribution in [-0.2, 0) is 11.3 Å². The minimum atomic E-state index is -0.513. The lowest BCUT2D eigenvalue weighted by Gasteiger charge is -2.18. The second-order valence-electron chi connectivity index (χ2n) is 4.79. The third-order valence-corrected chi connectivity index (χ3v) is 3.57. The molecule has 5 heteroatoms. The molecular weight excluding hydrogens is 254 g/mol. The lowest BCUT2D eigenvalue weighted by atomic mass is 10.0. The largest absolute Gasteiger partial charge is 0.299 e. The molecule has 0 saturated heterocycles. The van der Waals surface area contributed by atoms with E-state index >= 15 is 0 Å². The topological polar surface area (TPSA) is 63.2 Å². The second-order valence-corrected chi connectivity index (χ2v) is 4.79. The first kappa shape index (κ1) is 12.5. The summed E-state index contributed by atoms with van der Waals surface area (Å²) < 4.78 is 0. The molecule has 100 valence electrons. The first-order valence-corrected chi connectivity index (χ1v) is 6.32. The van der Waals surface area contributed by atoms with Crippen molar-refractivity contribution >= 4 is 17.4 Å². The molecule has 0 saturated carbocycles. The molecule has 0 radical (unpaired) electrons. The average Bonchev–Trinajstić information content (AvgIpc) is 2.70. The number of rotatable bonds is 2. The van der Waals surface area contributed by atoms with E-state index in [1.165, 1.54) is 4.90 Å². The third-order valence-electron chi connectivity index (χ3n) is 3.57. The molecule has 2 aromatic rings. The maximum Gasteiger partial charge on any atom is 0.299 e. The fourth-order valence-corrected chi connectivity index (χ4v) is 2.38. The number of carbonyl (C=O) groups excluding carboxylic acids is 2. The highest BCUT2D eigenvalue weighted by Crippen LogP contribution is 2.34. The van der Waals surface area contributed by atoms with Gasteiger partial charge in [-0.1, -0.05) is 6.07 Å². The number of aryl methyl sites for hydroxylation is 1. The number of ketones is 1. The molecule has 0 spiro atoms. The van der Waals surface area contributed by atoms with Crippen molar-refractivity contribution in [2.75, 3.05) is 4.90 Å². The number of hydrogen-bond donors (Lipinski definition) is 0. The Morgan fingerprint density at radius 2 is 1.80 bits per heavy atom. The number of carbonyl (C=O) groups is 2. The van der Waals surface area contributed by atoms with E-state index in [1.807, 2.05) is 19.9 Å². The van der Waals surface area contributed by atoms with E-state index in [1.54, 1.807) is 24.5 Å². The van der Waals surface area contributed by atoms with Crippen LogP contribution in [0.15, 0.2) is 30.6 Å². The standard InChI is InChI=1S/C15H13N3O2/c1-9-4-5-11-13(10(9)2)18(15(20)14(11)19)8-12-16-6-3-7-17-12/h3-7H,8H2,1-2H3. The van der Waals surface area contributed by atoms with Crippen molar-refractivity contribution < 1.29 is 9.59 Å². The van der Waals surface area contributed by atoms with Gasteiger partial charge in [-0.2, -0.15) is 0 Å². The van der Waals surface area contributed by atoms with Crippen LogP contribution in [0.25, 0.3) is 0 Å². The average molecular weight is 267 g/mol. The summed E-state index contributed by atoms with van der Waals surface area (Å²) in [6.45, 7) is 4.09. The van der Waals surface area contributed by atoms with E-state index in [9.17, 15) is 9.59 Å². The maximum atomic E-state index is 12.2. The molecule has 1 aromatic heterocycles. The van der Waals surface area contributed by atoms with Crippen molar-refractivity contribution in [2.24, 2.45) is 0 Å². The predicted octanol–water partition coefficient (Wildman–Crippen LogP) is 1.82. The molecule has 0 N–H and O–H groups in total. The molecule has 0 bridgehead atoms. The number of Topliss-reactive ketones (excluding diaryl/α,β-unsaturated/α-hetero) is 1. The summed E-state index contributed by atoms with van der Waals surface area (Å²) in [5.74, 6) is -0.456. The zero-order chi connectivity index (χ0) is 14.3. The SMILES string of the molecule is Cc1ccc2c(c1C)N(Cc1ncccn1)C(=O)C2=O. The second kappa shape index (κ2) is 4.52. The van der Waals surface area contributed by atoms with Crippen LogP contribution in [0, 0.1) is 13.8 Å². The molecule has 0 aliphatic carbocycles. The molecule has 0 atom stereocenters. The molecule has 0 unspecified atom stereocenters. The summed E-state index contributed by atoms with van der Waals surface area (Å²) in [5.41, 5.74) is 3.14. The van der Waals surface area contributed by atoms with Gasteiger partial charge in [0, 0.05) is 12.4 Å². The van der Waals surface area contributed by atoms with Crippen LogP contribution in [0.3, 0.4) is 0 Å². The molecule has 1 aliphatic heterocycles. The lowest BCUT2D eigenvalue weighted by molar-refractivity contribution is -0.114. The van der Waals surface area contributed by atoms with E-state index in [0.717, 1.165) is 11.1 Å². The number of hydrogen-bond acceptors (Lipinski definition) is 4. The van der Waals surface area contributed by atoms with Gasteiger partial charge in [0.1, 0.15) is 5.82 Å². The van der Waals surface area contributed by atoms with Gasteiger partial charge in [0.2, 0.25) is 0 Å². The molecule has 0 fully saturated rings. The van der Waals surface area contributed by atoms with Crippen LogP contribution in [-0.4, -0.2) is 21.7 Å². The highest BCUT2D eigenvalue weighted by atomic mass is 16.2. The van der Waals surface area contributed by atoms with Gasteiger partial charge in [0.25, 0.3) is 11.7 Å². The molecule has 1 amide bonds. The number of fused-ring (bicyclic) bond motifs is 1. The van der Waals surface area contributed by atoms with E-state index in [4.69, 9.17) is 0 Å². The summed E-state index contributed by atoms with van der Waals surface area (Å²) in [6, 6.07) is 5.29. The van der Waals surface area contributed by atoms with Gasteiger partial charge in [-0.25, -0.2) is 9.97 Å². The third kappa shape index (κ3) is 1.79. The number of benzene rings is 1. The smallest absolute Gasteiger partial charge is 0.297 e. The van der Waals surface area contributed by atoms with Gasteiger partial charge < -0.3 is 0 Å². The van der Waals surface area contributed by atoms with Crippen LogP contribution in [0.1, 0.15) is 27.3 Å². The molecule has 5 nitrogen and oxygen atoms in total. The summed E-state index contributed by atoms with van der Waals surface area (Å²) in [6.07, 6.45) is 3.24. The van der Waals surface area contributed by atoms with Crippen LogP contribution >= 0.6 is 0 Å². The van der Waals surface area contributed by atoms with Crippen LogP contribution in [0.5, 0.6) is 0 Å². The zero-order valence-corrected chi connectivity index (χ0v) is 11.3. The van der Waals surface area contributed by atoms with Crippen molar-refractivity contribution in [1.82, 2.24) is 9.97 Å². The fourth-order valence-electron chi connectivity index (χ4n) is 2.38. The summed E-state index contributed by atoms with van der Waals surface area (Å²) in [4.78, 5) is 33.9. The monoisotopic (exact) mass is 267 g/mol. The fraction of sp³-hybridized carbons (Fsp3) is 0.200. The van der Waals surface area contributed by atoms with Crippen molar-refractivity contribution in [3.8, 4) is 0 Å². The molecule has 20 heavy (non-hydrogen) atoms. The van der Waals surface area contributed by atoms with Crippen LogP contribution in [0.2, 0.25) is 0 Å². The Morgan fingerprint density at radius 1 is 1.10 bits per heavy atom. The lowest BCUT2D eigenvalue weighted by Crippen LogP contribution is -2.30. The summed E-state index contributed by atoms with van der Waals surface area (Å²) in [5, 5.41) is 0. The van der Waals surface area contributed by atoms with E-state index in [-0.39, 0.29) is 6.54 Å². The van der Waals surface area contributed by atoms with Crippen LogP contribution in [0.4, 0.5) is 5.69 Å². The Bertz CT molecular complexity index is 711.